The molecule has 2 aliphatic heterocycles. The zero-order valence-electron chi connectivity index (χ0n) is 31.2. The molecular formula is C29H60Cl2F8K2N4O7S2-2. The molecule has 0 unspecified atom stereocenters. The smallest absolute Gasteiger partial charge is 1.00 e. The van der Waals surface area contributed by atoms with Crippen LogP contribution in [-0.4, -0.2) is 141 Å². The van der Waals surface area contributed by atoms with Crippen LogP contribution in [0.4, 0.5) is 35.1 Å². The molecule has 0 N–H and O–H groups in total. The average Bonchev–Trinajstić information content (AvgIpc) is 3.55. The molecule has 324 valence electrons. The molecule has 0 aromatic carbocycles. The van der Waals surface area contributed by atoms with Crippen molar-refractivity contribution in [1.29, 1.82) is 0 Å². The van der Waals surface area contributed by atoms with E-state index in [-0.39, 0.29) is 148 Å². The van der Waals surface area contributed by atoms with Crippen molar-refractivity contribution in [1.82, 2.24) is 19.6 Å². The molecular weight excluding hydrogens is 882 g/mol. The van der Waals surface area contributed by atoms with E-state index in [4.69, 9.17) is 0 Å². The molecule has 2 fully saturated rings. The molecule has 0 amide bonds. The maximum absolute atomic E-state index is 11.4. The van der Waals surface area contributed by atoms with Gasteiger partial charge in [-0.15, -0.1) is 0 Å². The molecule has 0 aromatic rings. The first-order valence-corrected chi connectivity index (χ1v) is 18.1. The SMILES string of the molecule is C.C.CC(C)=O.CCCCCCN1CCN(C)C1.CCCCCCN1CCN(C)C1.O=S(=O)([O-])C(F)(F)C(F)F.O=S(=O)([O-])C(F)(F)C(F)F.[Cl-].[Cl-].[K+].[K+]. The minimum absolute atomic E-state index is 0. The summed E-state index contributed by atoms with van der Waals surface area (Å²) in [7, 11) is -8.07. The number of nitrogens with zero attached hydrogens (tertiary/aromatic N) is 4. The first-order valence-electron chi connectivity index (χ1n) is 15.3. The van der Waals surface area contributed by atoms with Crippen molar-refractivity contribution in [2.24, 2.45) is 0 Å². The Morgan fingerprint density at radius 1 is 0.611 bits per heavy atom. The summed E-state index contributed by atoms with van der Waals surface area (Å²) in [6, 6.07) is 0. The van der Waals surface area contributed by atoms with Crippen molar-refractivity contribution in [2.45, 2.75) is 117 Å². The Morgan fingerprint density at radius 2 is 0.852 bits per heavy atom. The molecule has 2 heterocycles. The molecule has 2 aliphatic rings. The molecule has 2 rings (SSSR count). The second kappa shape index (κ2) is 41.0. The van der Waals surface area contributed by atoms with Gasteiger partial charge in [0.2, 0.25) is 0 Å². The van der Waals surface area contributed by atoms with Crippen LogP contribution in [0.2, 0.25) is 0 Å². The number of halogens is 10. The van der Waals surface area contributed by atoms with E-state index < -0.39 is 43.6 Å². The number of ketones is 1. The third-order valence-corrected chi connectivity index (χ3v) is 8.00. The summed E-state index contributed by atoms with van der Waals surface area (Å²) in [5, 5.41) is -11.0. The van der Waals surface area contributed by atoms with Crippen LogP contribution in [0.5, 0.6) is 0 Å². The Kier molecular flexibility index (Phi) is 58.6. The summed E-state index contributed by atoms with van der Waals surface area (Å²) in [4.78, 5) is 19.3. The van der Waals surface area contributed by atoms with Crippen molar-refractivity contribution in [3.05, 3.63) is 0 Å². The van der Waals surface area contributed by atoms with E-state index in [2.05, 4.69) is 47.5 Å². The molecule has 0 radical (unpaired) electrons. The Hall–Kier alpha value is 2.62. The van der Waals surface area contributed by atoms with Crippen LogP contribution < -0.4 is 128 Å². The van der Waals surface area contributed by atoms with Gasteiger partial charge in [0.1, 0.15) is 5.78 Å². The second-order valence-corrected chi connectivity index (χ2v) is 14.2. The standard InChI is InChI=1S/2C10H22N2.C3H6O.2C2H2F4O3S.2CH4.2ClH.2K/c2*1-3-4-5-6-7-12-9-8-11(2)10-12;1-3(2)4;2*3-1(4)2(5,6)10(7,8)9;;;;;;/h2*3-10H2,1-2H3;1-2H3;2*1H,(H,7,8,9);2*1H4;2*1H;;/q;;;;;;;;;2*+1/p-4. The molecule has 0 bridgehead atoms. The van der Waals surface area contributed by atoms with Gasteiger partial charge in [-0.3, -0.25) is 19.6 Å². The molecule has 54 heavy (non-hydrogen) atoms. The van der Waals surface area contributed by atoms with Gasteiger partial charge in [0.05, 0.1) is 13.3 Å². The van der Waals surface area contributed by atoms with E-state index in [1.165, 1.54) is 118 Å². The number of alkyl halides is 8. The molecule has 0 spiro atoms. The van der Waals surface area contributed by atoms with E-state index in [0.717, 1.165) is 0 Å². The van der Waals surface area contributed by atoms with Crippen LogP contribution in [0.1, 0.15) is 93.9 Å². The van der Waals surface area contributed by atoms with E-state index in [1.807, 2.05) is 0 Å². The third kappa shape index (κ3) is 40.1. The maximum atomic E-state index is 11.4. The van der Waals surface area contributed by atoms with E-state index >= 15 is 0 Å². The summed E-state index contributed by atoms with van der Waals surface area (Å²) in [5.41, 5.74) is 0. The Morgan fingerprint density at radius 3 is 0.981 bits per heavy atom. The monoisotopic (exact) mass is 940 g/mol. The van der Waals surface area contributed by atoms with Gasteiger partial charge in [0.25, 0.3) is 0 Å². The summed E-state index contributed by atoms with van der Waals surface area (Å²) >= 11 is 0. The van der Waals surface area contributed by atoms with Crippen LogP contribution in [0.25, 0.3) is 0 Å². The Labute approximate surface area is 417 Å². The van der Waals surface area contributed by atoms with Crippen LogP contribution in [0, 0.1) is 0 Å². The van der Waals surface area contributed by atoms with Gasteiger partial charge in [-0.2, -0.15) is 17.6 Å². The molecule has 0 saturated carbocycles. The molecule has 0 aliphatic carbocycles. The normalized spacial score (nSPS) is 14.9. The number of carbonyl (C=O) groups excluding carboxylic acids is 1. The van der Waals surface area contributed by atoms with Gasteiger partial charge >= 0.3 is 126 Å². The zero-order valence-corrected chi connectivity index (χ0v) is 40.6. The largest absolute Gasteiger partial charge is 1.00 e. The van der Waals surface area contributed by atoms with E-state index in [9.17, 15) is 65.9 Å². The number of rotatable bonds is 14. The van der Waals surface area contributed by atoms with Gasteiger partial charge < -0.3 is 38.7 Å². The van der Waals surface area contributed by atoms with Crippen molar-refractivity contribution in [2.75, 3.05) is 66.7 Å². The number of carbonyl (C=O) groups is 1. The van der Waals surface area contributed by atoms with Crippen molar-refractivity contribution >= 4 is 26.0 Å². The third-order valence-electron chi connectivity index (χ3n) is 6.31. The van der Waals surface area contributed by atoms with Gasteiger partial charge in [-0.1, -0.05) is 67.2 Å². The quantitative estimate of drug-likeness (QED) is 0.0712. The topological polar surface area (TPSA) is 144 Å². The van der Waals surface area contributed by atoms with Gasteiger partial charge in [0, 0.05) is 26.2 Å². The van der Waals surface area contributed by atoms with Crippen molar-refractivity contribution in [3.63, 3.8) is 0 Å². The number of likely N-dealkylation sites (N-methyl/N-ethyl adjacent to an activating group) is 2. The van der Waals surface area contributed by atoms with Gasteiger partial charge in [-0.25, -0.2) is 34.4 Å². The summed E-state index contributed by atoms with van der Waals surface area (Å²) in [6.07, 6.45) is 2.16. The molecule has 0 atom stereocenters. The molecule has 2 saturated heterocycles. The van der Waals surface area contributed by atoms with Crippen LogP contribution >= 0.6 is 0 Å². The van der Waals surface area contributed by atoms with Crippen LogP contribution in [0.15, 0.2) is 0 Å². The number of Topliss-reactive ketones (excluding diaryl/α,β-unsaturated/α-hetero) is 1. The van der Waals surface area contributed by atoms with E-state index in [0.29, 0.717) is 0 Å². The fourth-order valence-electron chi connectivity index (χ4n) is 3.70. The van der Waals surface area contributed by atoms with Gasteiger partial charge in [-0.05, 0) is 53.9 Å². The van der Waals surface area contributed by atoms with Crippen LogP contribution in [-0.2, 0) is 25.0 Å². The summed E-state index contributed by atoms with van der Waals surface area (Å²) in [5.74, 6) is 0.167. The van der Waals surface area contributed by atoms with E-state index in [1.54, 1.807) is 0 Å². The fourth-order valence-corrected chi connectivity index (χ4v) is 4.13. The molecule has 11 nitrogen and oxygen atoms in total. The first-order chi connectivity index (χ1) is 21.8. The maximum Gasteiger partial charge on any atom is 1.00 e. The molecule has 25 heteroatoms. The minimum Gasteiger partial charge on any atom is -1.00 e. The Balaban J connectivity index is -0.0000000669. The first kappa shape index (κ1) is 77.2. The predicted octanol–water partition coefficient (Wildman–Crippen LogP) is -5.79. The van der Waals surface area contributed by atoms with Gasteiger partial charge in [0.15, 0.2) is 20.2 Å². The zero-order chi connectivity index (χ0) is 38.4. The molecule has 0 aromatic heterocycles. The Bertz CT molecular complexity index is 1010. The predicted molar refractivity (Wildman–Crippen MR) is 178 cm³/mol. The minimum atomic E-state index is -6.23. The fraction of sp³-hybridized carbons (Fsp3) is 0.966. The number of hydrogen-bond donors (Lipinski definition) is 0. The summed E-state index contributed by atoms with van der Waals surface area (Å²) < 4.78 is 145. The number of unbranched alkanes of at least 4 members (excludes halogenated alkanes) is 6. The number of hydrogen-bond acceptors (Lipinski definition) is 11. The average molecular weight is 942 g/mol. The van der Waals surface area contributed by atoms with Crippen molar-refractivity contribution < 1.29 is 193 Å². The second-order valence-electron chi connectivity index (χ2n) is 11.3. The summed E-state index contributed by atoms with van der Waals surface area (Å²) in [6.45, 7) is 17.7. The van der Waals surface area contributed by atoms with Crippen molar-refractivity contribution in [3.8, 4) is 0 Å². The van der Waals surface area contributed by atoms with Crippen LogP contribution in [0.3, 0.4) is 0 Å².